The van der Waals surface area contributed by atoms with Crippen LogP contribution in [0.1, 0.15) is 22.7 Å². The Morgan fingerprint density at radius 3 is 3.06 bits per heavy atom. The number of carbonyl (C=O) groups is 1. The molecule has 1 fully saturated rings. The fourth-order valence-electron chi connectivity index (χ4n) is 1.67. The first-order valence-electron chi connectivity index (χ1n) is 4.88. The van der Waals surface area contributed by atoms with Gasteiger partial charge in [-0.3, -0.25) is 0 Å². The number of methoxy groups -OCH3 is 1. The highest BCUT2D eigenvalue weighted by Crippen LogP contribution is 2.37. The van der Waals surface area contributed by atoms with Crippen molar-refractivity contribution in [3.8, 4) is 0 Å². The molecule has 0 spiro atoms. The largest absolute Gasteiger partial charge is 0.477 e. The first-order valence-corrected chi connectivity index (χ1v) is 6.03. The maximum atomic E-state index is 10.8. The van der Waals surface area contributed by atoms with Gasteiger partial charge in [0, 0.05) is 19.1 Å². The number of nitrogens with zero attached hydrogens (tertiary/aromatic N) is 2. The predicted molar refractivity (Wildman–Crippen MR) is 59.6 cm³/mol. The molecule has 2 rings (SSSR count). The monoisotopic (exact) mass is 240 g/mol. The number of carboxylic acids is 1. The van der Waals surface area contributed by atoms with Crippen molar-refractivity contribution < 1.29 is 14.6 Å². The molecule has 1 N–H and O–H groups in total. The van der Waals surface area contributed by atoms with Gasteiger partial charge < -0.3 is 9.84 Å². The number of aromatic nitrogens is 2. The van der Waals surface area contributed by atoms with Crippen molar-refractivity contribution in [3.05, 3.63) is 23.8 Å². The number of carboxylic acid groups (broad SMARTS) is 1. The van der Waals surface area contributed by atoms with Crippen LogP contribution in [0.3, 0.4) is 0 Å². The summed E-state index contributed by atoms with van der Waals surface area (Å²) < 4.78 is 5.48. The second-order valence-electron chi connectivity index (χ2n) is 3.57. The second-order valence-corrected chi connectivity index (χ2v) is 4.68. The molecule has 0 aliphatic carbocycles. The number of hydrogen-bond donors (Lipinski definition) is 1. The average molecular weight is 240 g/mol. The molecule has 1 aliphatic heterocycles. The Labute approximate surface area is 97.2 Å². The van der Waals surface area contributed by atoms with Crippen LogP contribution in [0.25, 0.3) is 0 Å². The first-order chi connectivity index (χ1) is 7.68. The third-order valence-corrected chi connectivity index (χ3v) is 3.82. The highest BCUT2D eigenvalue weighted by atomic mass is 32.2. The standard InChI is InChI=1S/C10H12N2O3S/c1-15-10(3-5-16-6-10)9-11-4-2-7(12-9)8(13)14/h2,4H,3,5-6H2,1H3,(H,13,14). The maximum absolute atomic E-state index is 10.8. The van der Waals surface area contributed by atoms with Crippen molar-refractivity contribution in [2.75, 3.05) is 18.6 Å². The molecule has 0 bridgehead atoms. The molecule has 0 aromatic carbocycles. The molecule has 1 aliphatic rings. The zero-order chi connectivity index (χ0) is 11.6. The number of rotatable bonds is 3. The molecule has 1 atom stereocenters. The van der Waals surface area contributed by atoms with Crippen LogP contribution in [-0.2, 0) is 10.3 Å². The SMILES string of the molecule is COC1(c2nccc(C(=O)O)n2)CCSC1. The molecule has 2 heterocycles. The van der Waals surface area contributed by atoms with Crippen LogP contribution in [0, 0.1) is 0 Å². The lowest BCUT2D eigenvalue weighted by molar-refractivity contribution is 0.00118. The lowest BCUT2D eigenvalue weighted by Gasteiger charge is -2.24. The Kier molecular flexibility index (Phi) is 3.11. The highest BCUT2D eigenvalue weighted by Gasteiger charge is 2.39. The summed E-state index contributed by atoms with van der Waals surface area (Å²) in [6, 6.07) is 1.39. The molecule has 5 nitrogen and oxygen atoms in total. The molecule has 6 heteroatoms. The van der Waals surface area contributed by atoms with E-state index in [9.17, 15) is 4.79 Å². The first kappa shape index (κ1) is 11.3. The summed E-state index contributed by atoms with van der Waals surface area (Å²) in [4.78, 5) is 19.0. The number of ether oxygens (including phenoxy) is 1. The Hall–Kier alpha value is -1.14. The molecule has 0 radical (unpaired) electrons. The lowest BCUT2D eigenvalue weighted by atomic mass is 10.0. The smallest absolute Gasteiger partial charge is 0.354 e. The molecule has 1 aromatic heterocycles. The summed E-state index contributed by atoms with van der Waals surface area (Å²) in [7, 11) is 1.61. The van der Waals surface area contributed by atoms with Gasteiger partial charge in [0.25, 0.3) is 0 Å². The van der Waals surface area contributed by atoms with Gasteiger partial charge in [-0.1, -0.05) is 0 Å². The predicted octanol–water partition coefficient (Wildman–Crippen LogP) is 1.15. The van der Waals surface area contributed by atoms with E-state index in [2.05, 4.69) is 9.97 Å². The minimum atomic E-state index is -1.04. The molecule has 1 unspecified atom stereocenters. The fraction of sp³-hybridized carbons (Fsp3) is 0.500. The minimum Gasteiger partial charge on any atom is -0.477 e. The summed E-state index contributed by atoms with van der Waals surface area (Å²) in [5.41, 5.74) is -0.505. The van der Waals surface area contributed by atoms with Crippen LogP contribution < -0.4 is 0 Å². The van der Waals surface area contributed by atoms with Gasteiger partial charge in [0.05, 0.1) is 0 Å². The van der Waals surface area contributed by atoms with Gasteiger partial charge in [0.15, 0.2) is 11.5 Å². The number of aromatic carboxylic acids is 1. The topological polar surface area (TPSA) is 72.3 Å². The highest BCUT2D eigenvalue weighted by molar-refractivity contribution is 7.99. The quantitative estimate of drug-likeness (QED) is 0.854. The van der Waals surface area contributed by atoms with Crippen molar-refractivity contribution in [2.45, 2.75) is 12.0 Å². The van der Waals surface area contributed by atoms with E-state index in [1.165, 1.54) is 12.3 Å². The van der Waals surface area contributed by atoms with Crippen molar-refractivity contribution >= 4 is 17.7 Å². The van der Waals surface area contributed by atoms with Crippen LogP contribution in [0.4, 0.5) is 0 Å². The summed E-state index contributed by atoms with van der Waals surface area (Å²) in [5.74, 6) is 1.18. The zero-order valence-corrected chi connectivity index (χ0v) is 9.66. The van der Waals surface area contributed by atoms with E-state index in [0.717, 1.165) is 17.9 Å². The van der Waals surface area contributed by atoms with Gasteiger partial charge in [0.2, 0.25) is 0 Å². The third kappa shape index (κ3) is 1.90. The maximum Gasteiger partial charge on any atom is 0.354 e. The van der Waals surface area contributed by atoms with E-state index in [1.54, 1.807) is 18.9 Å². The summed E-state index contributed by atoms with van der Waals surface area (Å²) in [5, 5.41) is 8.87. The second kappa shape index (κ2) is 4.39. The third-order valence-electron chi connectivity index (χ3n) is 2.66. The summed E-state index contributed by atoms with van der Waals surface area (Å²) in [6.45, 7) is 0. The van der Waals surface area contributed by atoms with Crippen LogP contribution in [0.2, 0.25) is 0 Å². The van der Waals surface area contributed by atoms with Gasteiger partial charge in [-0.15, -0.1) is 0 Å². The van der Waals surface area contributed by atoms with Gasteiger partial charge in [-0.25, -0.2) is 14.8 Å². The number of hydrogen-bond acceptors (Lipinski definition) is 5. The Bertz CT molecular complexity index is 405. The minimum absolute atomic E-state index is 0.0123. The van der Waals surface area contributed by atoms with Gasteiger partial charge >= 0.3 is 5.97 Å². The fourth-order valence-corrected chi connectivity index (χ4v) is 3.01. The van der Waals surface area contributed by atoms with Gasteiger partial charge in [-0.2, -0.15) is 11.8 Å². The zero-order valence-electron chi connectivity index (χ0n) is 8.84. The van der Waals surface area contributed by atoms with Gasteiger partial charge in [-0.05, 0) is 18.2 Å². The van der Waals surface area contributed by atoms with E-state index in [-0.39, 0.29) is 5.69 Å². The van der Waals surface area contributed by atoms with Crippen LogP contribution in [0.5, 0.6) is 0 Å². The normalized spacial score (nSPS) is 24.6. The van der Waals surface area contributed by atoms with E-state index >= 15 is 0 Å². The van der Waals surface area contributed by atoms with E-state index in [1.807, 2.05) is 0 Å². The molecule has 16 heavy (non-hydrogen) atoms. The Morgan fingerprint density at radius 1 is 1.69 bits per heavy atom. The van der Waals surface area contributed by atoms with Crippen LogP contribution >= 0.6 is 11.8 Å². The van der Waals surface area contributed by atoms with E-state index in [0.29, 0.717) is 5.82 Å². The van der Waals surface area contributed by atoms with Crippen molar-refractivity contribution in [1.82, 2.24) is 9.97 Å². The van der Waals surface area contributed by atoms with Crippen LogP contribution in [-0.4, -0.2) is 39.7 Å². The number of thioether (sulfide) groups is 1. The van der Waals surface area contributed by atoms with Gasteiger partial charge in [0.1, 0.15) is 5.60 Å². The van der Waals surface area contributed by atoms with Crippen LogP contribution in [0.15, 0.2) is 12.3 Å². The summed E-state index contributed by atoms with van der Waals surface area (Å²) >= 11 is 1.76. The molecular formula is C10H12N2O3S. The van der Waals surface area contributed by atoms with Crippen molar-refractivity contribution in [1.29, 1.82) is 0 Å². The molecular weight excluding hydrogens is 228 g/mol. The van der Waals surface area contributed by atoms with E-state index < -0.39 is 11.6 Å². The Balaban J connectivity index is 2.38. The molecule has 1 aromatic rings. The van der Waals surface area contributed by atoms with Crippen molar-refractivity contribution in [2.24, 2.45) is 0 Å². The summed E-state index contributed by atoms with van der Waals surface area (Å²) in [6.07, 6.45) is 2.28. The van der Waals surface area contributed by atoms with Crippen molar-refractivity contribution in [3.63, 3.8) is 0 Å². The molecule has 0 saturated carbocycles. The average Bonchev–Trinajstić information content (AvgIpc) is 2.79. The molecule has 86 valence electrons. The Morgan fingerprint density at radius 2 is 2.50 bits per heavy atom. The molecule has 1 saturated heterocycles. The molecule has 0 amide bonds. The lowest BCUT2D eigenvalue weighted by Crippen LogP contribution is -2.31. The van der Waals surface area contributed by atoms with E-state index in [4.69, 9.17) is 9.84 Å².